The molecule has 0 saturated heterocycles. The molecular formula is C25H32ClN3O6S. The van der Waals surface area contributed by atoms with Crippen LogP contribution in [0.4, 0.5) is 5.69 Å². The van der Waals surface area contributed by atoms with Gasteiger partial charge in [0.25, 0.3) is 0 Å². The monoisotopic (exact) mass is 537 g/mol. The van der Waals surface area contributed by atoms with Crippen LogP contribution < -0.4 is 19.1 Å². The maximum absolute atomic E-state index is 13.7. The van der Waals surface area contributed by atoms with E-state index in [1.807, 2.05) is 13.8 Å². The van der Waals surface area contributed by atoms with Gasteiger partial charge in [-0.05, 0) is 42.7 Å². The molecule has 1 aliphatic rings. The Kier molecular flexibility index (Phi) is 9.44. The predicted molar refractivity (Wildman–Crippen MR) is 139 cm³/mol. The molecule has 1 aliphatic heterocycles. The molecule has 2 amide bonds. The number of carbonyl (C=O) groups excluding carboxylic acids is 2. The lowest BCUT2D eigenvalue weighted by Crippen LogP contribution is -2.52. The first-order valence-corrected chi connectivity index (χ1v) is 14.1. The largest absolute Gasteiger partial charge is 0.454 e. The van der Waals surface area contributed by atoms with Gasteiger partial charge in [-0.25, -0.2) is 8.42 Å². The van der Waals surface area contributed by atoms with E-state index >= 15 is 0 Å². The number of nitrogens with one attached hydrogen (secondary N) is 1. The lowest BCUT2D eigenvalue weighted by atomic mass is 10.1. The molecule has 0 radical (unpaired) electrons. The molecule has 1 atom stereocenters. The molecule has 0 saturated carbocycles. The first-order valence-electron chi connectivity index (χ1n) is 11.8. The highest BCUT2D eigenvalue weighted by molar-refractivity contribution is 7.92. The molecule has 0 aliphatic carbocycles. The number of hydrogen-bond acceptors (Lipinski definition) is 6. The van der Waals surface area contributed by atoms with Crippen molar-refractivity contribution in [1.82, 2.24) is 10.2 Å². The summed E-state index contributed by atoms with van der Waals surface area (Å²) >= 11 is 6.01. The second-order valence-corrected chi connectivity index (χ2v) is 10.9. The molecule has 0 spiro atoms. The number of sulfonamides is 1. The molecule has 1 N–H and O–H groups in total. The van der Waals surface area contributed by atoms with Gasteiger partial charge in [0.15, 0.2) is 11.5 Å². The Morgan fingerprint density at radius 3 is 2.42 bits per heavy atom. The van der Waals surface area contributed by atoms with Crippen LogP contribution in [0, 0.1) is 0 Å². The molecule has 1 heterocycles. The molecule has 0 unspecified atom stereocenters. The Hall–Kier alpha value is -2.98. The molecule has 3 rings (SSSR count). The summed E-state index contributed by atoms with van der Waals surface area (Å²) in [5.74, 6) is 0.110. The Morgan fingerprint density at radius 1 is 1.08 bits per heavy atom. The van der Waals surface area contributed by atoms with E-state index < -0.39 is 28.5 Å². The van der Waals surface area contributed by atoms with E-state index in [0.29, 0.717) is 29.5 Å². The number of hydrogen-bond donors (Lipinski definition) is 1. The van der Waals surface area contributed by atoms with Gasteiger partial charge in [0, 0.05) is 24.2 Å². The molecule has 196 valence electrons. The van der Waals surface area contributed by atoms with Crippen LogP contribution in [0.5, 0.6) is 11.5 Å². The number of fused-ring (bicyclic) bond motifs is 1. The van der Waals surface area contributed by atoms with Gasteiger partial charge in [0.05, 0.1) is 11.9 Å². The minimum absolute atomic E-state index is 0.0385. The van der Waals surface area contributed by atoms with Gasteiger partial charge in [-0.2, -0.15) is 0 Å². The zero-order valence-electron chi connectivity index (χ0n) is 20.7. The molecule has 2 aromatic rings. The summed E-state index contributed by atoms with van der Waals surface area (Å²) in [4.78, 5) is 28.1. The second-order valence-electron chi connectivity index (χ2n) is 8.52. The van der Waals surface area contributed by atoms with E-state index in [4.69, 9.17) is 21.1 Å². The van der Waals surface area contributed by atoms with E-state index in [0.717, 1.165) is 29.0 Å². The molecule has 36 heavy (non-hydrogen) atoms. The standard InChI is InChI=1S/C25H32ClN3O6S/c1-4-6-13-27-25(31)21(5-2)28(15-18-7-9-19(26)10-8-18)24(30)16-29(36(3,32)33)20-11-12-22-23(14-20)35-17-34-22/h7-12,14,21H,4-6,13,15-17H2,1-3H3,(H,27,31)/t21-/m1/s1. The number of ether oxygens (including phenoxy) is 2. The van der Waals surface area contributed by atoms with Crippen LogP contribution in [-0.4, -0.2) is 57.3 Å². The van der Waals surface area contributed by atoms with Crippen LogP contribution in [0.1, 0.15) is 38.7 Å². The molecule has 9 nitrogen and oxygen atoms in total. The highest BCUT2D eigenvalue weighted by Gasteiger charge is 2.32. The zero-order chi connectivity index (χ0) is 26.3. The third kappa shape index (κ3) is 7.04. The van der Waals surface area contributed by atoms with Crippen molar-refractivity contribution in [2.24, 2.45) is 0 Å². The van der Waals surface area contributed by atoms with Gasteiger partial charge in [-0.3, -0.25) is 13.9 Å². The van der Waals surface area contributed by atoms with Gasteiger partial charge in [-0.15, -0.1) is 0 Å². The summed E-state index contributed by atoms with van der Waals surface area (Å²) < 4.78 is 37.1. The van der Waals surface area contributed by atoms with Crippen LogP contribution in [0.25, 0.3) is 0 Å². The number of carbonyl (C=O) groups is 2. The Morgan fingerprint density at radius 2 is 1.78 bits per heavy atom. The lowest BCUT2D eigenvalue weighted by molar-refractivity contribution is -0.140. The van der Waals surface area contributed by atoms with Crippen molar-refractivity contribution < 1.29 is 27.5 Å². The number of anilines is 1. The SMILES string of the molecule is CCCCNC(=O)[C@@H](CC)N(Cc1ccc(Cl)cc1)C(=O)CN(c1ccc2c(c1)OCO2)S(C)(=O)=O. The second kappa shape index (κ2) is 12.3. The fourth-order valence-electron chi connectivity index (χ4n) is 3.87. The van der Waals surface area contributed by atoms with E-state index in [1.165, 1.54) is 11.0 Å². The zero-order valence-corrected chi connectivity index (χ0v) is 22.3. The summed E-state index contributed by atoms with van der Waals surface area (Å²) in [6.07, 6.45) is 3.13. The first-order chi connectivity index (χ1) is 17.1. The quantitative estimate of drug-likeness (QED) is 0.415. The van der Waals surface area contributed by atoms with Crippen molar-refractivity contribution >= 4 is 39.1 Å². The van der Waals surface area contributed by atoms with E-state index in [1.54, 1.807) is 36.4 Å². The molecule has 0 fully saturated rings. The number of benzene rings is 2. The van der Waals surface area contributed by atoms with Crippen molar-refractivity contribution in [3.8, 4) is 11.5 Å². The summed E-state index contributed by atoms with van der Waals surface area (Å²) in [5, 5.41) is 3.44. The number of amides is 2. The third-order valence-corrected chi connectivity index (χ3v) is 7.20. The van der Waals surface area contributed by atoms with E-state index in [9.17, 15) is 18.0 Å². The molecule has 11 heteroatoms. The fourth-order valence-corrected chi connectivity index (χ4v) is 4.83. The smallest absolute Gasteiger partial charge is 0.244 e. The van der Waals surface area contributed by atoms with Gasteiger partial charge >= 0.3 is 0 Å². The summed E-state index contributed by atoms with van der Waals surface area (Å²) in [5.41, 5.74) is 1.03. The Balaban J connectivity index is 1.91. The fraction of sp³-hybridized carbons (Fsp3) is 0.440. The van der Waals surface area contributed by atoms with E-state index in [2.05, 4.69) is 5.32 Å². The van der Waals surface area contributed by atoms with Gasteiger partial charge < -0.3 is 19.7 Å². The summed E-state index contributed by atoms with van der Waals surface area (Å²) in [6, 6.07) is 10.9. The first kappa shape index (κ1) is 27.6. The predicted octanol–water partition coefficient (Wildman–Crippen LogP) is 3.56. The maximum atomic E-state index is 13.7. The van der Waals surface area contributed by atoms with Crippen LogP contribution in [0.15, 0.2) is 42.5 Å². The molecule has 0 bridgehead atoms. The normalized spacial score (nSPS) is 13.2. The minimum atomic E-state index is -3.84. The average molecular weight is 538 g/mol. The topological polar surface area (TPSA) is 105 Å². The number of rotatable bonds is 12. The van der Waals surface area contributed by atoms with Crippen LogP contribution in [-0.2, 0) is 26.2 Å². The van der Waals surface area contributed by atoms with Crippen molar-refractivity contribution in [3.63, 3.8) is 0 Å². The van der Waals surface area contributed by atoms with Crippen molar-refractivity contribution in [2.75, 3.05) is 30.4 Å². The highest BCUT2D eigenvalue weighted by atomic mass is 35.5. The summed E-state index contributed by atoms with van der Waals surface area (Å²) in [7, 11) is -3.84. The van der Waals surface area contributed by atoms with Crippen LogP contribution in [0.3, 0.4) is 0 Å². The van der Waals surface area contributed by atoms with Crippen LogP contribution >= 0.6 is 11.6 Å². The number of unbranched alkanes of at least 4 members (excludes halogenated alkanes) is 1. The molecule has 0 aromatic heterocycles. The molecule has 2 aromatic carbocycles. The molecular weight excluding hydrogens is 506 g/mol. The van der Waals surface area contributed by atoms with Gasteiger partial charge in [-0.1, -0.05) is 44.0 Å². The Labute approximate surface area is 217 Å². The number of halogens is 1. The Bertz CT molecular complexity index is 1170. The van der Waals surface area contributed by atoms with Gasteiger partial charge in [0.1, 0.15) is 12.6 Å². The third-order valence-electron chi connectivity index (χ3n) is 5.80. The van der Waals surface area contributed by atoms with Crippen molar-refractivity contribution in [1.29, 1.82) is 0 Å². The van der Waals surface area contributed by atoms with Crippen LogP contribution in [0.2, 0.25) is 5.02 Å². The van der Waals surface area contributed by atoms with Gasteiger partial charge in [0.2, 0.25) is 28.6 Å². The van der Waals surface area contributed by atoms with Crippen molar-refractivity contribution in [3.05, 3.63) is 53.1 Å². The van der Waals surface area contributed by atoms with E-state index in [-0.39, 0.29) is 24.9 Å². The number of nitrogens with zero attached hydrogens (tertiary/aromatic N) is 2. The highest BCUT2D eigenvalue weighted by Crippen LogP contribution is 2.36. The average Bonchev–Trinajstić information content (AvgIpc) is 3.31. The lowest BCUT2D eigenvalue weighted by Gasteiger charge is -2.33. The van der Waals surface area contributed by atoms with Crippen molar-refractivity contribution in [2.45, 2.75) is 45.7 Å². The summed E-state index contributed by atoms with van der Waals surface area (Å²) in [6.45, 7) is 4.02. The maximum Gasteiger partial charge on any atom is 0.244 e. The minimum Gasteiger partial charge on any atom is -0.454 e.